The Kier molecular flexibility index (Phi) is 7.25. The van der Waals surface area contributed by atoms with Crippen LogP contribution in [0, 0.1) is 0 Å². The molecule has 0 aromatic carbocycles. The van der Waals surface area contributed by atoms with Crippen molar-refractivity contribution in [3.63, 3.8) is 0 Å². The molecule has 1 aromatic heterocycles. The normalized spacial score (nSPS) is 11.7. The molecule has 1 rings (SSSR count). The summed E-state index contributed by atoms with van der Waals surface area (Å²) in [4.78, 5) is 0. The van der Waals surface area contributed by atoms with Gasteiger partial charge in [0.25, 0.3) is 0 Å². The Morgan fingerprint density at radius 3 is 2.68 bits per heavy atom. The fraction of sp³-hybridized carbons (Fsp3) is 0.818. The molecule has 0 bridgehead atoms. The van der Waals surface area contributed by atoms with Crippen molar-refractivity contribution in [3.8, 4) is 0 Å². The Morgan fingerprint density at radius 2 is 2.00 bits per heavy atom. The van der Waals surface area contributed by atoms with Gasteiger partial charge in [-0.25, -0.2) is 8.42 Å². The maximum absolute atomic E-state index is 12.0. The summed E-state index contributed by atoms with van der Waals surface area (Å²) in [6, 6.07) is 0. The molecule has 0 aliphatic carbocycles. The highest BCUT2D eigenvalue weighted by Crippen LogP contribution is 2.20. The van der Waals surface area contributed by atoms with Gasteiger partial charge in [-0.15, -0.1) is 10.2 Å². The van der Waals surface area contributed by atoms with Crippen LogP contribution in [0.2, 0.25) is 0 Å². The first-order chi connectivity index (χ1) is 9.10. The third kappa shape index (κ3) is 5.84. The lowest BCUT2D eigenvalue weighted by atomic mass is 10.4. The van der Waals surface area contributed by atoms with Crippen molar-refractivity contribution in [2.45, 2.75) is 37.4 Å². The first-order valence-corrected chi connectivity index (χ1v) is 8.95. The second-order valence-corrected chi connectivity index (χ2v) is 7.35. The topological polar surface area (TPSA) is 81.2 Å². The van der Waals surface area contributed by atoms with Crippen molar-refractivity contribution in [3.05, 3.63) is 0 Å². The third-order valence-electron chi connectivity index (χ3n) is 2.34. The van der Waals surface area contributed by atoms with E-state index in [2.05, 4.69) is 22.4 Å². The molecule has 110 valence electrons. The fourth-order valence-electron chi connectivity index (χ4n) is 1.24. The second-order valence-electron chi connectivity index (χ2n) is 4.08. The van der Waals surface area contributed by atoms with Crippen LogP contribution in [-0.2, 0) is 14.6 Å². The van der Waals surface area contributed by atoms with Gasteiger partial charge in [0.2, 0.25) is 19.3 Å². The van der Waals surface area contributed by atoms with E-state index in [0.29, 0.717) is 11.7 Å². The van der Waals surface area contributed by atoms with Crippen LogP contribution in [0.4, 0.5) is 5.13 Å². The highest BCUT2D eigenvalue weighted by Gasteiger charge is 2.20. The first-order valence-electron chi connectivity index (χ1n) is 6.48. The zero-order valence-electron chi connectivity index (χ0n) is 11.4. The molecular weight excluding hydrogens is 286 g/mol. The average molecular weight is 307 g/mol. The Labute approximate surface area is 118 Å². The van der Waals surface area contributed by atoms with E-state index in [-0.39, 0.29) is 16.7 Å². The van der Waals surface area contributed by atoms with Gasteiger partial charge >= 0.3 is 0 Å². The largest absolute Gasteiger partial charge is 0.380 e. The summed E-state index contributed by atoms with van der Waals surface area (Å²) in [7, 11) is -3.37. The Morgan fingerprint density at radius 1 is 1.21 bits per heavy atom. The Balaban J connectivity index is 2.45. The highest BCUT2D eigenvalue weighted by atomic mass is 32.2. The summed E-state index contributed by atoms with van der Waals surface area (Å²) < 4.78 is 29.2. The highest BCUT2D eigenvalue weighted by molar-refractivity contribution is 7.93. The van der Waals surface area contributed by atoms with E-state index >= 15 is 0 Å². The molecule has 0 fully saturated rings. The molecule has 0 radical (unpaired) electrons. The molecule has 8 heteroatoms. The summed E-state index contributed by atoms with van der Waals surface area (Å²) in [5.41, 5.74) is 0. The minimum Gasteiger partial charge on any atom is -0.380 e. The lowest BCUT2D eigenvalue weighted by Gasteiger charge is -2.02. The van der Waals surface area contributed by atoms with Gasteiger partial charge < -0.3 is 10.1 Å². The minimum absolute atomic E-state index is 0.0425. The molecule has 0 aliphatic rings. The molecule has 1 N–H and O–H groups in total. The van der Waals surface area contributed by atoms with Gasteiger partial charge in [0.05, 0.1) is 12.4 Å². The van der Waals surface area contributed by atoms with E-state index in [0.717, 1.165) is 37.1 Å². The summed E-state index contributed by atoms with van der Waals surface area (Å²) in [5, 5.41) is 11.1. The quantitative estimate of drug-likeness (QED) is 0.665. The molecule has 0 aliphatic heterocycles. The summed E-state index contributed by atoms with van der Waals surface area (Å²) in [6.45, 7) is 5.66. The van der Waals surface area contributed by atoms with E-state index in [9.17, 15) is 8.42 Å². The molecule has 0 amide bonds. The summed E-state index contributed by atoms with van der Waals surface area (Å²) in [5.74, 6) is -0.0425. The van der Waals surface area contributed by atoms with Crippen molar-refractivity contribution >= 4 is 26.3 Å². The first kappa shape index (κ1) is 16.3. The van der Waals surface area contributed by atoms with Crippen LogP contribution in [0.1, 0.15) is 33.1 Å². The van der Waals surface area contributed by atoms with Crippen molar-refractivity contribution in [2.24, 2.45) is 0 Å². The monoisotopic (exact) mass is 307 g/mol. The van der Waals surface area contributed by atoms with E-state index in [4.69, 9.17) is 4.74 Å². The van der Waals surface area contributed by atoms with Gasteiger partial charge in [0.1, 0.15) is 0 Å². The molecule has 0 unspecified atom stereocenters. The number of unbranched alkanes of at least 4 members (excludes halogenated alkanes) is 1. The number of ether oxygens (including phenoxy) is 1. The molecular formula is C11H21N3O3S2. The van der Waals surface area contributed by atoms with Gasteiger partial charge in [-0.05, 0) is 12.8 Å². The van der Waals surface area contributed by atoms with Gasteiger partial charge in [-0.3, -0.25) is 0 Å². The predicted octanol–water partition coefficient (Wildman–Crippen LogP) is 1.95. The van der Waals surface area contributed by atoms with Crippen LogP contribution in [0.15, 0.2) is 4.34 Å². The number of nitrogens with one attached hydrogen (secondary N) is 1. The molecule has 1 aromatic rings. The zero-order valence-corrected chi connectivity index (χ0v) is 13.0. The lowest BCUT2D eigenvalue weighted by Crippen LogP contribution is -2.12. The van der Waals surface area contributed by atoms with E-state index < -0.39 is 9.84 Å². The zero-order chi connectivity index (χ0) is 14.1. The molecule has 0 saturated carbocycles. The van der Waals surface area contributed by atoms with Crippen LogP contribution >= 0.6 is 11.3 Å². The third-order valence-corrected chi connectivity index (χ3v) is 5.34. The number of hydrogen-bond acceptors (Lipinski definition) is 7. The number of nitrogens with zero attached hydrogens (tertiary/aromatic N) is 2. The molecule has 0 spiro atoms. The standard InChI is InChI=1S/C11H21N3O3S2/c1-3-5-7-17-8-9-19(15,16)11-14-13-10(18-11)12-6-4-2/h3-9H2,1-2H3,(H,12,13). The number of rotatable bonds is 10. The van der Waals surface area contributed by atoms with Crippen molar-refractivity contribution in [1.29, 1.82) is 0 Å². The number of aromatic nitrogens is 2. The molecule has 0 atom stereocenters. The molecule has 1 heterocycles. The van der Waals surface area contributed by atoms with Crippen LogP contribution < -0.4 is 5.32 Å². The maximum Gasteiger partial charge on any atom is 0.234 e. The molecule has 19 heavy (non-hydrogen) atoms. The van der Waals surface area contributed by atoms with Crippen molar-refractivity contribution in [2.75, 3.05) is 30.8 Å². The SMILES string of the molecule is CCCCOCCS(=O)(=O)c1nnc(NCCC)s1. The minimum atomic E-state index is -3.37. The van der Waals surface area contributed by atoms with Crippen LogP contribution in [0.25, 0.3) is 0 Å². The van der Waals surface area contributed by atoms with Gasteiger partial charge in [-0.2, -0.15) is 0 Å². The summed E-state index contributed by atoms with van der Waals surface area (Å²) >= 11 is 1.07. The Hall–Kier alpha value is -0.730. The van der Waals surface area contributed by atoms with Crippen molar-refractivity contribution in [1.82, 2.24) is 10.2 Å². The van der Waals surface area contributed by atoms with Crippen LogP contribution in [0.3, 0.4) is 0 Å². The molecule has 0 saturated heterocycles. The van der Waals surface area contributed by atoms with E-state index in [1.807, 2.05) is 6.92 Å². The average Bonchev–Trinajstić information content (AvgIpc) is 2.85. The van der Waals surface area contributed by atoms with E-state index in [1.165, 1.54) is 0 Å². The van der Waals surface area contributed by atoms with Gasteiger partial charge in [0, 0.05) is 13.2 Å². The number of hydrogen-bond donors (Lipinski definition) is 1. The maximum atomic E-state index is 12.0. The van der Waals surface area contributed by atoms with E-state index in [1.54, 1.807) is 0 Å². The summed E-state index contributed by atoms with van der Waals surface area (Å²) in [6.07, 6.45) is 2.94. The second kappa shape index (κ2) is 8.44. The lowest BCUT2D eigenvalue weighted by molar-refractivity contribution is 0.146. The van der Waals surface area contributed by atoms with Crippen LogP contribution in [0.5, 0.6) is 0 Å². The smallest absolute Gasteiger partial charge is 0.234 e. The predicted molar refractivity (Wildman–Crippen MR) is 76.5 cm³/mol. The number of sulfone groups is 1. The van der Waals surface area contributed by atoms with Crippen LogP contribution in [-0.4, -0.2) is 44.1 Å². The fourth-order valence-corrected chi connectivity index (χ4v) is 3.42. The van der Waals surface area contributed by atoms with Gasteiger partial charge in [0.15, 0.2) is 0 Å². The molecule has 6 nitrogen and oxygen atoms in total. The van der Waals surface area contributed by atoms with Gasteiger partial charge in [-0.1, -0.05) is 31.6 Å². The Bertz CT molecular complexity index is 460. The number of anilines is 1. The van der Waals surface area contributed by atoms with Crippen molar-refractivity contribution < 1.29 is 13.2 Å².